The highest BCUT2D eigenvalue weighted by atomic mass is 19.1. The van der Waals surface area contributed by atoms with Gasteiger partial charge in [-0.15, -0.1) is 0 Å². The Morgan fingerprint density at radius 2 is 1.84 bits per heavy atom. The van der Waals surface area contributed by atoms with Crippen molar-refractivity contribution >= 4 is 11.0 Å². The highest BCUT2D eigenvalue weighted by Gasteiger charge is 2.24. The first-order chi connectivity index (χ1) is 12.3. The van der Waals surface area contributed by atoms with Crippen LogP contribution in [0.4, 0.5) is 4.39 Å². The number of benzene rings is 1. The van der Waals surface area contributed by atoms with Crippen LogP contribution in [0.3, 0.4) is 0 Å². The SMILES string of the molecule is Fc1ccc2c(C3CCN(CCCCn4cccc4)CC3)noc2c1. The average molecular weight is 341 g/mol. The van der Waals surface area contributed by atoms with E-state index in [1.54, 1.807) is 6.07 Å². The fourth-order valence-corrected chi connectivity index (χ4v) is 3.80. The zero-order valence-electron chi connectivity index (χ0n) is 14.4. The maximum atomic E-state index is 13.3. The molecule has 0 radical (unpaired) electrons. The van der Waals surface area contributed by atoms with E-state index in [1.165, 1.54) is 31.5 Å². The summed E-state index contributed by atoms with van der Waals surface area (Å²) in [5.74, 6) is 0.146. The van der Waals surface area contributed by atoms with Crippen LogP contribution in [-0.4, -0.2) is 34.3 Å². The van der Waals surface area contributed by atoms with Crippen LogP contribution in [0.1, 0.15) is 37.3 Å². The molecule has 0 amide bonds. The molecule has 0 spiro atoms. The van der Waals surface area contributed by atoms with Gasteiger partial charge in [-0.25, -0.2) is 4.39 Å². The van der Waals surface area contributed by atoms with Crippen molar-refractivity contribution in [3.8, 4) is 0 Å². The van der Waals surface area contributed by atoms with Gasteiger partial charge in [0.15, 0.2) is 5.58 Å². The van der Waals surface area contributed by atoms with Crippen LogP contribution in [0.25, 0.3) is 11.0 Å². The normalized spacial score (nSPS) is 16.7. The molecular formula is C20H24FN3O. The Hall–Kier alpha value is -2.14. The highest BCUT2D eigenvalue weighted by Crippen LogP contribution is 2.32. The minimum Gasteiger partial charge on any atom is -0.356 e. The predicted octanol–water partition coefficient (Wildman–Crippen LogP) is 4.43. The van der Waals surface area contributed by atoms with Crippen molar-refractivity contribution in [3.05, 3.63) is 54.2 Å². The number of aryl methyl sites for hydroxylation is 1. The van der Waals surface area contributed by atoms with Crippen molar-refractivity contribution in [2.45, 2.75) is 38.1 Å². The van der Waals surface area contributed by atoms with Crippen molar-refractivity contribution in [1.29, 1.82) is 0 Å². The number of rotatable bonds is 6. The monoisotopic (exact) mass is 341 g/mol. The van der Waals surface area contributed by atoms with Crippen LogP contribution >= 0.6 is 0 Å². The zero-order valence-corrected chi connectivity index (χ0v) is 14.4. The molecule has 25 heavy (non-hydrogen) atoms. The van der Waals surface area contributed by atoms with E-state index in [2.05, 4.69) is 39.2 Å². The number of unbranched alkanes of at least 4 members (excludes halogenated alkanes) is 1. The fraction of sp³-hybridized carbons (Fsp3) is 0.450. The fourth-order valence-electron chi connectivity index (χ4n) is 3.80. The molecule has 5 heteroatoms. The molecule has 1 aliphatic rings. The van der Waals surface area contributed by atoms with Gasteiger partial charge in [0, 0.05) is 36.3 Å². The number of nitrogens with zero attached hydrogens (tertiary/aromatic N) is 3. The summed E-state index contributed by atoms with van der Waals surface area (Å²) in [6, 6.07) is 8.86. The minimum atomic E-state index is -0.273. The Morgan fingerprint density at radius 1 is 1.08 bits per heavy atom. The first-order valence-electron chi connectivity index (χ1n) is 9.17. The molecule has 1 saturated heterocycles. The molecule has 132 valence electrons. The third-order valence-electron chi connectivity index (χ3n) is 5.24. The molecule has 0 unspecified atom stereocenters. The summed E-state index contributed by atoms with van der Waals surface area (Å²) in [5.41, 5.74) is 1.56. The van der Waals surface area contributed by atoms with E-state index < -0.39 is 0 Å². The standard InChI is InChI=1S/C20H24FN3O/c21-17-5-6-18-19(15-17)25-22-20(18)16-7-13-24(14-8-16)12-4-3-11-23-9-1-2-10-23/h1-2,5-6,9-10,15-16H,3-4,7-8,11-14H2. The smallest absolute Gasteiger partial charge is 0.170 e. The summed E-state index contributed by atoms with van der Waals surface area (Å²) < 4.78 is 20.8. The second-order valence-electron chi connectivity index (χ2n) is 6.95. The van der Waals surface area contributed by atoms with Crippen LogP contribution in [-0.2, 0) is 6.54 Å². The number of halogens is 1. The van der Waals surface area contributed by atoms with Crippen LogP contribution < -0.4 is 0 Å². The zero-order chi connectivity index (χ0) is 17.1. The number of piperidine rings is 1. The molecule has 0 saturated carbocycles. The summed E-state index contributed by atoms with van der Waals surface area (Å²) in [7, 11) is 0. The Bertz CT molecular complexity index is 804. The third-order valence-corrected chi connectivity index (χ3v) is 5.24. The van der Waals surface area contributed by atoms with Crippen LogP contribution in [0, 0.1) is 5.82 Å². The van der Waals surface area contributed by atoms with Gasteiger partial charge in [-0.3, -0.25) is 0 Å². The molecule has 1 aliphatic heterocycles. The highest BCUT2D eigenvalue weighted by molar-refractivity contribution is 5.79. The predicted molar refractivity (Wildman–Crippen MR) is 96.0 cm³/mol. The quantitative estimate of drug-likeness (QED) is 0.622. The summed E-state index contributed by atoms with van der Waals surface area (Å²) in [5, 5.41) is 5.19. The van der Waals surface area contributed by atoms with Gasteiger partial charge in [0.25, 0.3) is 0 Å². The molecule has 0 atom stereocenters. The third kappa shape index (κ3) is 3.76. The van der Waals surface area contributed by atoms with Crippen LogP contribution in [0.15, 0.2) is 47.2 Å². The largest absolute Gasteiger partial charge is 0.356 e. The van der Waals surface area contributed by atoms with Crippen LogP contribution in [0.5, 0.6) is 0 Å². The van der Waals surface area contributed by atoms with Gasteiger partial charge >= 0.3 is 0 Å². The van der Waals surface area contributed by atoms with Gasteiger partial charge in [0.05, 0.1) is 5.69 Å². The van der Waals surface area contributed by atoms with Crippen LogP contribution in [0.2, 0.25) is 0 Å². The molecule has 3 aromatic rings. The maximum Gasteiger partial charge on any atom is 0.170 e. The molecular weight excluding hydrogens is 317 g/mol. The lowest BCUT2D eigenvalue weighted by molar-refractivity contribution is 0.205. The van der Waals surface area contributed by atoms with Crippen molar-refractivity contribution < 1.29 is 8.91 Å². The van der Waals surface area contributed by atoms with Gasteiger partial charge in [-0.1, -0.05) is 5.16 Å². The van der Waals surface area contributed by atoms with Gasteiger partial charge in [-0.05, 0) is 69.6 Å². The Kier molecular flexibility index (Phi) is 4.83. The first kappa shape index (κ1) is 16.3. The molecule has 0 bridgehead atoms. The Morgan fingerprint density at radius 3 is 2.64 bits per heavy atom. The van der Waals surface area contributed by atoms with Crippen molar-refractivity contribution in [3.63, 3.8) is 0 Å². The maximum absolute atomic E-state index is 13.3. The van der Waals surface area contributed by atoms with E-state index in [-0.39, 0.29) is 5.82 Å². The van der Waals surface area contributed by atoms with Gasteiger partial charge in [0.2, 0.25) is 0 Å². The molecule has 1 fully saturated rings. The molecule has 4 rings (SSSR count). The van der Waals surface area contributed by atoms with Gasteiger partial charge in [0.1, 0.15) is 5.82 Å². The molecule has 2 aromatic heterocycles. The number of hydrogen-bond acceptors (Lipinski definition) is 3. The minimum absolute atomic E-state index is 0.273. The molecule has 0 N–H and O–H groups in total. The number of aromatic nitrogens is 2. The lowest BCUT2D eigenvalue weighted by Gasteiger charge is -2.31. The lowest BCUT2D eigenvalue weighted by Crippen LogP contribution is -2.33. The number of likely N-dealkylation sites (tertiary alicyclic amines) is 1. The topological polar surface area (TPSA) is 34.2 Å². The van der Waals surface area contributed by atoms with Crippen molar-refractivity contribution in [1.82, 2.24) is 14.6 Å². The van der Waals surface area contributed by atoms with E-state index in [4.69, 9.17) is 4.52 Å². The second kappa shape index (κ2) is 7.40. The Balaban J connectivity index is 1.26. The summed E-state index contributed by atoms with van der Waals surface area (Å²) in [4.78, 5) is 2.55. The molecule has 3 heterocycles. The lowest BCUT2D eigenvalue weighted by atomic mass is 9.91. The molecule has 1 aromatic carbocycles. The summed E-state index contributed by atoms with van der Waals surface area (Å²) in [6.45, 7) is 4.47. The van der Waals surface area contributed by atoms with Gasteiger partial charge in [-0.2, -0.15) is 0 Å². The number of fused-ring (bicyclic) bond motifs is 1. The molecule has 4 nitrogen and oxygen atoms in total. The van der Waals surface area contributed by atoms with Crippen molar-refractivity contribution in [2.75, 3.05) is 19.6 Å². The Labute approximate surface area is 147 Å². The second-order valence-corrected chi connectivity index (χ2v) is 6.95. The van der Waals surface area contributed by atoms with E-state index in [1.807, 2.05) is 0 Å². The summed E-state index contributed by atoms with van der Waals surface area (Å²) >= 11 is 0. The van der Waals surface area contributed by atoms with E-state index in [0.717, 1.165) is 43.6 Å². The van der Waals surface area contributed by atoms with Gasteiger partial charge < -0.3 is 14.0 Å². The molecule has 0 aliphatic carbocycles. The van der Waals surface area contributed by atoms with E-state index >= 15 is 0 Å². The first-order valence-corrected chi connectivity index (χ1v) is 9.17. The van der Waals surface area contributed by atoms with E-state index in [9.17, 15) is 4.39 Å². The van der Waals surface area contributed by atoms with E-state index in [0.29, 0.717) is 11.5 Å². The summed E-state index contributed by atoms with van der Waals surface area (Å²) in [6.07, 6.45) is 8.88. The average Bonchev–Trinajstić information content (AvgIpc) is 3.28. The van der Waals surface area contributed by atoms with Crippen molar-refractivity contribution in [2.24, 2.45) is 0 Å². The number of hydrogen-bond donors (Lipinski definition) is 0.